The summed E-state index contributed by atoms with van der Waals surface area (Å²) in [7, 11) is 2.04. The van der Waals surface area contributed by atoms with E-state index in [2.05, 4.69) is 99.8 Å². The molecule has 0 saturated carbocycles. The zero-order valence-electron chi connectivity index (χ0n) is 21.6. The number of hydrogen-bond acceptors (Lipinski definition) is 2. The maximum atomic E-state index is 4.62. The zero-order chi connectivity index (χ0) is 25.3. The predicted octanol–water partition coefficient (Wildman–Crippen LogP) is 10.0. The molecule has 0 spiro atoms. The number of thiol groups is 1. The molecule has 1 aliphatic rings. The van der Waals surface area contributed by atoms with E-state index in [4.69, 9.17) is 0 Å². The summed E-state index contributed by atoms with van der Waals surface area (Å²) in [5, 5.41) is 2.43. The molecule has 180 valence electrons. The fourth-order valence-corrected chi connectivity index (χ4v) is 3.60. The van der Waals surface area contributed by atoms with E-state index >= 15 is 0 Å². The molecule has 34 heavy (non-hydrogen) atoms. The van der Waals surface area contributed by atoms with Gasteiger partial charge in [-0.1, -0.05) is 101 Å². The minimum Gasteiger partial charge on any atom is -0.350 e. The van der Waals surface area contributed by atoms with Crippen LogP contribution in [0, 0.1) is 0 Å². The Morgan fingerprint density at radius 1 is 1.15 bits per heavy atom. The van der Waals surface area contributed by atoms with Crippen LogP contribution in [0.4, 0.5) is 5.69 Å². The van der Waals surface area contributed by atoms with Crippen LogP contribution in [0.1, 0.15) is 53.4 Å². The molecule has 1 aliphatic carbocycles. The number of nitrogens with zero attached hydrogens (tertiary/aromatic N) is 1. The highest BCUT2D eigenvalue weighted by Gasteiger charge is 2.06. The van der Waals surface area contributed by atoms with Crippen LogP contribution in [0.15, 0.2) is 120 Å². The van der Waals surface area contributed by atoms with Gasteiger partial charge >= 0.3 is 0 Å². The second-order valence-corrected chi connectivity index (χ2v) is 8.62. The zero-order valence-corrected chi connectivity index (χ0v) is 22.5. The molecule has 2 aromatic rings. The summed E-state index contributed by atoms with van der Waals surface area (Å²) in [6.45, 7) is 16.2. The number of rotatable bonds is 7. The van der Waals surface area contributed by atoms with E-state index in [1.807, 2.05) is 44.3 Å². The SMILES string of the molecule is C=C(/C=C/C)/C(C)=C/N(C)c1cc2ccccc2cc1S.C=CC1=C=CCC=C1.CCCCC. The average Bonchev–Trinajstić information content (AvgIpc) is 2.85. The lowest BCUT2D eigenvalue weighted by atomic mass is 10.1. The number of fused-ring (bicyclic) bond motifs is 1. The molecular weight excluding hydrogens is 430 g/mol. The Morgan fingerprint density at radius 2 is 1.79 bits per heavy atom. The minimum atomic E-state index is 0.969. The topological polar surface area (TPSA) is 3.24 Å². The molecular formula is C32H41NS. The highest BCUT2D eigenvalue weighted by molar-refractivity contribution is 7.80. The van der Waals surface area contributed by atoms with Gasteiger partial charge < -0.3 is 4.90 Å². The van der Waals surface area contributed by atoms with Gasteiger partial charge in [-0.2, -0.15) is 0 Å². The summed E-state index contributed by atoms with van der Waals surface area (Å²) in [6, 6.07) is 12.6. The number of anilines is 1. The molecule has 0 radical (unpaired) electrons. The first-order valence-corrected chi connectivity index (χ1v) is 12.5. The van der Waals surface area contributed by atoms with E-state index in [9.17, 15) is 0 Å². The van der Waals surface area contributed by atoms with Crippen molar-refractivity contribution >= 4 is 29.1 Å². The van der Waals surface area contributed by atoms with Gasteiger partial charge in [-0.05, 0) is 60.4 Å². The summed E-state index contributed by atoms with van der Waals surface area (Å²) in [4.78, 5) is 3.07. The number of allylic oxidation sites excluding steroid dienone is 8. The van der Waals surface area contributed by atoms with Gasteiger partial charge in [-0.3, -0.25) is 0 Å². The summed E-state index contributed by atoms with van der Waals surface area (Å²) in [5.74, 6) is 0. The molecule has 0 N–H and O–H groups in total. The van der Waals surface area contributed by atoms with Crippen molar-refractivity contribution in [2.75, 3.05) is 11.9 Å². The van der Waals surface area contributed by atoms with Crippen LogP contribution >= 0.6 is 12.6 Å². The van der Waals surface area contributed by atoms with Crippen LogP contribution in [0.25, 0.3) is 10.8 Å². The first kappa shape index (κ1) is 29.1. The third-order valence-electron chi connectivity index (χ3n) is 5.23. The third-order valence-corrected chi connectivity index (χ3v) is 5.59. The summed E-state index contributed by atoms with van der Waals surface area (Å²) < 4.78 is 0. The van der Waals surface area contributed by atoms with Crippen LogP contribution in [0.5, 0.6) is 0 Å². The Bertz CT molecular complexity index is 1090. The molecule has 0 fully saturated rings. The first-order chi connectivity index (χ1) is 16.4. The molecule has 3 rings (SSSR count). The van der Waals surface area contributed by atoms with Crippen molar-refractivity contribution < 1.29 is 0 Å². The van der Waals surface area contributed by atoms with E-state index in [1.54, 1.807) is 6.08 Å². The lowest BCUT2D eigenvalue weighted by Crippen LogP contribution is -2.10. The van der Waals surface area contributed by atoms with Gasteiger partial charge in [0.1, 0.15) is 0 Å². The Hall–Kier alpha value is -2.93. The average molecular weight is 472 g/mol. The molecule has 0 amide bonds. The van der Waals surface area contributed by atoms with Crippen LogP contribution < -0.4 is 4.90 Å². The van der Waals surface area contributed by atoms with E-state index in [0.29, 0.717) is 0 Å². The van der Waals surface area contributed by atoms with E-state index in [1.165, 1.54) is 30.0 Å². The van der Waals surface area contributed by atoms with E-state index in [-0.39, 0.29) is 0 Å². The van der Waals surface area contributed by atoms with Crippen LogP contribution in [0.3, 0.4) is 0 Å². The lowest BCUT2D eigenvalue weighted by Gasteiger charge is -2.19. The quantitative estimate of drug-likeness (QED) is 0.239. The number of unbranched alkanes of at least 4 members (excludes halogenated alkanes) is 2. The Labute approximate surface area is 213 Å². The molecule has 0 bridgehead atoms. The smallest absolute Gasteiger partial charge is 0.0545 e. The predicted molar refractivity (Wildman–Crippen MR) is 158 cm³/mol. The third kappa shape index (κ3) is 10.3. The van der Waals surface area contributed by atoms with E-state index < -0.39 is 0 Å². The first-order valence-electron chi connectivity index (χ1n) is 12.1. The summed E-state index contributed by atoms with van der Waals surface area (Å²) in [6.07, 6.45) is 19.1. The molecule has 0 atom stereocenters. The molecule has 0 saturated heterocycles. The molecule has 1 nitrogen and oxygen atoms in total. The Balaban J connectivity index is 0.000000363. The van der Waals surface area contributed by atoms with Gasteiger partial charge in [-0.25, -0.2) is 0 Å². The minimum absolute atomic E-state index is 0.969. The highest BCUT2D eigenvalue weighted by atomic mass is 32.1. The number of hydrogen-bond donors (Lipinski definition) is 1. The lowest BCUT2D eigenvalue weighted by molar-refractivity contribution is 0.772. The van der Waals surface area contributed by atoms with Gasteiger partial charge in [0.25, 0.3) is 0 Å². The maximum Gasteiger partial charge on any atom is 0.0545 e. The monoisotopic (exact) mass is 471 g/mol. The standard InChI is InChI=1S/C19H21NS.C8H8.C5H12/c1-5-8-14(2)15(3)13-20(4)18-11-16-9-6-7-10-17(16)12-19(18)21;1-2-8-6-4-3-5-7-8;1-3-5-4-2/h5-13,21H,2H2,1,3-4H3;2,4-6H,1,3H2;3-5H2,1-2H3/b8-5+,15-13+;;. The summed E-state index contributed by atoms with van der Waals surface area (Å²) in [5.41, 5.74) is 7.38. The van der Waals surface area contributed by atoms with Crippen molar-refractivity contribution in [2.45, 2.75) is 58.3 Å². The van der Waals surface area contributed by atoms with Crippen LogP contribution in [-0.2, 0) is 0 Å². The van der Waals surface area contributed by atoms with Gasteiger partial charge in [-0.15, -0.1) is 18.4 Å². The fraction of sp³-hybridized carbons (Fsp3) is 0.281. The largest absolute Gasteiger partial charge is 0.350 e. The van der Waals surface area contributed by atoms with Crippen molar-refractivity contribution in [3.05, 3.63) is 115 Å². The highest BCUT2D eigenvalue weighted by Crippen LogP contribution is 2.30. The molecule has 0 unspecified atom stereocenters. The normalized spacial score (nSPS) is 12.4. The van der Waals surface area contributed by atoms with Crippen LogP contribution in [-0.4, -0.2) is 7.05 Å². The van der Waals surface area contributed by atoms with Gasteiger partial charge in [0.2, 0.25) is 0 Å². The van der Waals surface area contributed by atoms with Gasteiger partial charge in [0.15, 0.2) is 0 Å². The molecule has 2 aromatic carbocycles. The fourth-order valence-electron chi connectivity index (χ4n) is 3.24. The van der Waals surface area contributed by atoms with Crippen molar-refractivity contribution in [3.63, 3.8) is 0 Å². The maximum absolute atomic E-state index is 4.62. The molecule has 0 heterocycles. The molecule has 0 aromatic heterocycles. The van der Waals surface area contributed by atoms with Crippen LogP contribution in [0.2, 0.25) is 0 Å². The van der Waals surface area contributed by atoms with Gasteiger partial charge in [0.05, 0.1) is 5.69 Å². The van der Waals surface area contributed by atoms with Crippen molar-refractivity contribution in [1.82, 2.24) is 0 Å². The van der Waals surface area contributed by atoms with E-state index in [0.717, 1.165) is 33.7 Å². The second kappa shape index (κ2) is 16.6. The number of benzene rings is 2. The summed E-state index contributed by atoms with van der Waals surface area (Å²) >= 11 is 4.62. The van der Waals surface area contributed by atoms with Crippen molar-refractivity contribution in [1.29, 1.82) is 0 Å². The second-order valence-electron chi connectivity index (χ2n) is 8.14. The van der Waals surface area contributed by atoms with Crippen molar-refractivity contribution in [3.8, 4) is 0 Å². The Kier molecular flexibility index (Phi) is 14.2. The molecule has 0 aliphatic heterocycles. The Morgan fingerprint density at radius 3 is 2.26 bits per heavy atom. The van der Waals surface area contributed by atoms with Gasteiger partial charge in [0, 0.05) is 23.7 Å². The van der Waals surface area contributed by atoms with Crippen molar-refractivity contribution in [2.24, 2.45) is 0 Å². The molecule has 2 heteroatoms.